The minimum atomic E-state index is -0.648. The number of carbonyl (C=O) groups excluding carboxylic acids is 1. The summed E-state index contributed by atoms with van der Waals surface area (Å²) in [6.07, 6.45) is 1.96. The summed E-state index contributed by atoms with van der Waals surface area (Å²) in [6, 6.07) is 5.23. The molecule has 3 N–H and O–H groups in total. The Labute approximate surface area is 116 Å². The Hall–Kier alpha value is -2.15. The predicted octanol–water partition coefficient (Wildman–Crippen LogP) is 1.88. The molecule has 0 aliphatic heterocycles. The topological polar surface area (TPSA) is 104 Å². The summed E-state index contributed by atoms with van der Waals surface area (Å²) >= 11 is 0. The maximum Gasteiger partial charge on any atom is 0.319 e. The van der Waals surface area contributed by atoms with E-state index in [1.54, 1.807) is 13.0 Å². The van der Waals surface area contributed by atoms with E-state index >= 15 is 0 Å². The molecular formula is C13H17N3O4. The van der Waals surface area contributed by atoms with Crippen LogP contribution in [0.3, 0.4) is 0 Å². The van der Waals surface area contributed by atoms with Crippen molar-refractivity contribution < 1.29 is 14.8 Å². The number of benzene rings is 1. The third-order valence-electron chi connectivity index (χ3n) is 3.52. The van der Waals surface area contributed by atoms with Crippen LogP contribution in [0.2, 0.25) is 0 Å². The summed E-state index contributed by atoms with van der Waals surface area (Å²) < 4.78 is 0. The SMILES string of the molecule is CC(CO)(NC(=O)Nc1cccc([N+](=O)[O-])c1)C1CC1. The number of hydrogen-bond donors (Lipinski definition) is 3. The highest BCUT2D eigenvalue weighted by molar-refractivity contribution is 5.90. The highest BCUT2D eigenvalue weighted by atomic mass is 16.6. The lowest BCUT2D eigenvalue weighted by atomic mass is 9.97. The number of aliphatic hydroxyl groups excluding tert-OH is 1. The van der Waals surface area contributed by atoms with Crippen LogP contribution in [0.15, 0.2) is 24.3 Å². The number of nitrogens with zero attached hydrogens (tertiary/aromatic N) is 1. The van der Waals surface area contributed by atoms with Crippen molar-refractivity contribution in [2.45, 2.75) is 25.3 Å². The van der Waals surface area contributed by atoms with E-state index in [0.29, 0.717) is 5.69 Å². The van der Waals surface area contributed by atoms with Gasteiger partial charge in [-0.15, -0.1) is 0 Å². The normalized spacial score (nSPS) is 17.1. The fourth-order valence-electron chi connectivity index (χ4n) is 2.11. The van der Waals surface area contributed by atoms with E-state index in [4.69, 9.17) is 0 Å². The lowest BCUT2D eigenvalue weighted by molar-refractivity contribution is -0.384. The van der Waals surface area contributed by atoms with Crippen LogP contribution in [0.5, 0.6) is 0 Å². The van der Waals surface area contributed by atoms with Crippen molar-refractivity contribution in [3.63, 3.8) is 0 Å². The van der Waals surface area contributed by atoms with Crippen LogP contribution in [0.1, 0.15) is 19.8 Å². The molecule has 7 nitrogen and oxygen atoms in total. The molecule has 1 saturated carbocycles. The van der Waals surface area contributed by atoms with Crippen LogP contribution in [0.25, 0.3) is 0 Å². The van der Waals surface area contributed by atoms with Crippen molar-refractivity contribution in [1.82, 2.24) is 5.32 Å². The molecule has 0 heterocycles. The number of hydrogen-bond acceptors (Lipinski definition) is 4. The van der Waals surface area contributed by atoms with Gasteiger partial charge in [-0.05, 0) is 31.7 Å². The van der Waals surface area contributed by atoms with Gasteiger partial charge in [0, 0.05) is 17.8 Å². The molecule has 108 valence electrons. The average Bonchev–Trinajstić information content (AvgIpc) is 3.23. The van der Waals surface area contributed by atoms with E-state index in [1.807, 2.05) is 0 Å². The Morgan fingerprint density at radius 2 is 2.25 bits per heavy atom. The second-order valence-electron chi connectivity index (χ2n) is 5.24. The molecule has 1 aromatic carbocycles. The molecule has 1 atom stereocenters. The van der Waals surface area contributed by atoms with Gasteiger partial charge in [0.2, 0.25) is 0 Å². The molecule has 1 aromatic rings. The molecule has 20 heavy (non-hydrogen) atoms. The number of urea groups is 1. The van der Waals surface area contributed by atoms with E-state index < -0.39 is 16.5 Å². The van der Waals surface area contributed by atoms with E-state index in [-0.39, 0.29) is 18.2 Å². The Morgan fingerprint density at radius 1 is 1.55 bits per heavy atom. The zero-order valence-corrected chi connectivity index (χ0v) is 11.1. The monoisotopic (exact) mass is 279 g/mol. The first-order valence-electron chi connectivity index (χ1n) is 6.39. The van der Waals surface area contributed by atoms with Gasteiger partial charge in [0.25, 0.3) is 5.69 Å². The minimum absolute atomic E-state index is 0.0880. The molecule has 0 spiro atoms. The summed E-state index contributed by atoms with van der Waals surface area (Å²) in [4.78, 5) is 22.0. The number of rotatable bonds is 5. The number of non-ortho nitro benzene ring substituents is 1. The zero-order chi connectivity index (χ0) is 14.8. The molecule has 0 bridgehead atoms. The summed E-state index contributed by atoms with van der Waals surface area (Å²) in [5.41, 5.74) is -0.396. The lowest BCUT2D eigenvalue weighted by Crippen LogP contribution is -2.52. The van der Waals surface area contributed by atoms with E-state index in [9.17, 15) is 20.0 Å². The van der Waals surface area contributed by atoms with Gasteiger partial charge in [-0.2, -0.15) is 0 Å². The third kappa shape index (κ3) is 3.24. The number of aliphatic hydroxyl groups is 1. The largest absolute Gasteiger partial charge is 0.394 e. The van der Waals surface area contributed by atoms with Crippen LogP contribution in [-0.4, -0.2) is 28.2 Å². The number of amides is 2. The summed E-state index contributed by atoms with van der Waals surface area (Å²) in [6.45, 7) is 1.65. The average molecular weight is 279 g/mol. The fourth-order valence-corrected chi connectivity index (χ4v) is 2.11. The zero-order valence-electron chi connectivity index (χ0n) is 11.1. The van der Waals surface area contributed by atoms with Crippen molar-refractivity contribution >= 4 is 17.4 Å². The van der Waals surface area contributed by atoms with Crippen LogP contribution in [0, 0.1) is 16.0 Å². The second kappa shape index (κ2) is 5.46. The van der Waals surface area contributed by atoms with Gasteiger partial charge in [0.15, 0.2) is 0 Å². The van der Waals surface area contributed by atoms with E-state index in [1.165, 1.54) is 18.2 Å². The number of nitrogens with one attached hydrogen (secondary N) is 2. The Morgan fingerprint density at radius 3 is 2.80 bits per heavy atom. The molecule has 1 aliphatic carbocycles. The van der Waals surface area contributed by atoms with Gasteiger partial charge < -0.3 is 15.7 Å². The summed E-state index contributed by atoms with van der Waals surface area (Å²) in [5.74, 6) is 0.281. The van der Waals surface area contributed by atoms with Crippen LogP contribution in [-0.2, 0) is 0 Å². The van der Waals surface area contributed by atoms with Gasteiger partial charge in [-0.3, -0.25) is 10.1 Å². The Balaban J connectivity index is 2.00. The summed E-state index contributed by atoms with van der Waals surface area (Å²) in [5, 5.41) is 25.3. The van der Waals surface area contributed by atoms with Crippen LogP contribution < -0.4 is 10.6 Å². The Bertz CT molecular complexity index is 530. The van der Waals surface area contributed by atoms with Crippen LogP contribution in [0.4, 0.5) is 16.2 Å². The standard InChI is InChI=1S/C13H17N3O4/c1-13(8-17,9-5-6-9)15-12(18)14-10-3-2-4-11(7-10)16(19)20/h2-4,7,9,17H,5-6,8H2,1H3,(H2,14,15,18). The molecular weight excluding hydrogens is 262 g/mol. The first kappa shape index (κ1) is 14.3. The van der Waals surface area contributed by atoms with Crippen molar-refractivity contribution in [2.75, 3.05) is 11.9 Å². The molecule has 1 aliphatic rings. The molecule has 1 fully saturated rings. The van der Waals surface area contributed by atoms with Crippen LogP contribution >= 0.6 is 0 Å². The third-order valence-corrected chi connectivity index (χ3v) is 3.52. The maximum atomic E-state index is 11.9. The lowest BCUT2D eigenvalue weighted by Gasteiger charge is -2.28. The highest BCUT2D eigenvalue weighted by Gasteiger charge is 2.42. The predicted molar refractivity (Wildman–Crippen MR) is 73.5 cm³/mol. The van der Waals surface area contributed by atoms with Gasteiger partial charge in [0.05, 0.1) is 17.1 Å². The smallest absolute Gasteiger partial charge is 0.319 e. The number of carbonyl (C=O) groups is 1. The minimum Gasteiger partial charge on any atom is -0.394 e. The molecule has 0 radical (unpaired) electrons. The van der Waals surface area contributed by atoms with Crippen molar-refractivity contribution in [2.24, 2.45) is 5.92 Å². The summed E-state index contributed by atoms with van der Waals surface area (Å²) in [7, 11) is 0. The molecule has 7 heteroatoms. The Kier molecular flexibility index (Phi) is 3.89. The van der Waals surface area contributed by atoms with Crippen molar-refractivity contribution in [3.8, 4) is 0 Å². The second-order valence-corrected chi connectivity index (χ2v) is 5.24. The quantitative estimate of drug-likeness (QED) is 0.565. The first-order valence-corrected chi connectivity index (χ1v) is 6.39. The van der Waals surface area contributed by atoms with Crippen molar-refractivity contribution in [1.29, 1.82) is 0 Å². The number of anilines is 1. The van der Waals surface area contributed by atoms with Gasteiger partial charge >= 0.3 is 6.03 Å². The molecule has 0 saturated heterocycles. The molecule has 2 rings (SSSR count). The molecule has 0 aromatic heterocycles. The first-order chi connectivity index (χ1) is 9.44. The maximum absolute atomic E-state index is 11.9. The number of nitro benzene ring substituents is 1. The molecule has 2 amide bonds. The van der Waals surface area contributed by atoms with Gasteiger partial charge in [0.1, 0.15) is 0 Å². The number of nitro groups is 1. The molecule has 1 unspecified atom stereocenters. The fraction of sp³-hybridized carbons (Fsp3) is 0.462. The van der Waals surface area contributed by atoms with Crippen molar-refractivity contribution in [3.05, 3.63) is 34.4 Å². The van der Waals surface area contributed by atoms with E-state index in [0.717, 1.165) is 12.8 Å². The highest BCUT2D eigenvalue weighted by Crippen LogP contribution is 2.39. The van der Waals surface area contributed by atoms with E-state index in [2.05, 4.69) is 10.6 Å². The van der Waals surface area contributed by atoms with Gasteiger partial charge in [-0.25, -0.2) is 4.79 Å². The van der Waals surface area contributed by atoms with Gasteiger partial charge in [-0.1, -0.05) is 6.07 Å².